The number of hydrogen-bond donors (Lipinski definition) is 0. The number of methoxy groups -OCH3 is 1. The van der Waals surface area contributed by atoms with Gasteiger partial charge in [-0.25, -0.2) is 0 Å². The van der Waals surface area contributed by atoms with E-state index in [-0.39, 0.29) is 0 Å². The molecule has 1 aromatic heterocycles. The normalized spacial score (nSPS) is 11.4. The van der Waals surface area contributed by atoms with Gasteiger partial charge < -0.3 is 9.47 Å². The molecule has 0 saturated heterocycles. The van der Waals surface area contributed by atoms with Gasteiger partial charge in [-0.15, -0.1) is 0 Å². The van der Waals surface area contributed by atoms with Gasteiger partial charge in [-0.2, -0.15) is 5.26 Å². The highest BCUT2D eigenvalue weighted by molar-refractivity contribution is 8.04. The molecular weight excluding hydrogens is 348 g/mol. The van der Waals surface area contributed by atoms with Crippen LogP contribution in [0.4, 0.5) is 0 Å². The molecule has 0 N–H and O–H groups in total. The molecule has 1 aromatic carbocycles. The van der Waals surface area contributed by atoms with E-state index in [1.165, 1.54) is 12.7 Å². The molecular formula is C20H22N2O3S. The molecule has 26 heavy (non-hydrogen) atoms. The van der Waals surface area contributed by atoms with Crippen molar-refractivity contribution < 1.29 is 14.3 Å². The molecule has 1 atom stereocenters. The first kappa shape index (κ1) is 19.8. The topological polar surface area (TPSA) is 72.2 Å². The zero-order valence-corrected chi connectivity index (χ0v) is 15.8. The number of esters is 1. The predicted molar refractivity (Wildman–Crippen MR) is 102 cm³/mol. The minimum atomic E-state index is -0.520. The van der Waals surface area contributed by atoms with E-state index in [2.05, 4.69) is 18.0 Å². The largest absolute Gasteiger partial charge is 0.493 e. The second kappa shape index (κ2) is 10.5. The molecule has 1 heterocycles. The second-order valence-corrected chi connectivity index (χ2v) is 6.67. The first-order chi connectivity index (χ1) is 12.7. The predicted octanol–water partition coefficient (Wildman–Crippen LogP) is 3.56. The summed E-state index contributed by atoms with van der Waals surface area (Å²) in [6, 6.07) is 11.7. The zero-order chi connectivity index (χ0) is 18.8. The number of nitriles is 1. The average Bonchev–Trinajstić information content (AvgIpc) is 2.69. The maximum atomic E-state index is 11.7. The SMILES string of the molecule is CCc1ccc(CCOc2ccc(C[C@@H](SC#N)C(=O)OC)cc2)nc1. The quantitative estimate of drug-likeness (QED) is 0.496. The van der Waals surface area contributed by atoms with Gasteiger partial charge in [0.2, 0.25) is 0 Å². The van der Waals surface area contributed by atoms with Gasteiger partial charge in [0, 0.05) is 18.3 Å². The Morgan fingerprint density at radius 1 is 1.23 bits per heavy atom. The number of hydrogen-bond acceptors (Lipinski definition) is 6. The molecule has 136 valence electrons. The van der Waals surface area contributed by atoms with Crippen LogP contribution in [0.3, 0.4) is 0 Å². The maximum absolute atomic E-state index is 11.7. The van der Waals surface area contributed by atoms with Gasteiger partial charge in [0.15, 0.2) is 0 Å². The van der Waals surface area contributed by atoms with Crippen molar-refractivity contribution in [3.8, 4) is 11.2 Å². The molecule has 2 aromatic rings. The molecule has 0 amide bonds. The number of carbonyl (C=O) groups excluding carboxylic acids is 1. The van der Waals surface area contributed by atoms with Crippen LogP contribution < -0.4 is 4.74 Å². The summed E-state index contributed by atoms with van der Waals surface area (Å²) >= 11 is 0.915. The average molecular weight is 370 g/mol. The van der Waals surface area contributed by atoms with Crippen molar-refractivity contribution in [2.75, 3.05) is 13.7 Å². The number of carbonyl (C=O) groups is 1. The number of ether oxygens (including phenoxy) is 2. The fourth-order valence-corrected chi connectivity index (χ4v) is 2.99. The van der Waals surface area contributed by atoms with Gasteiger partial charge in [-0.05, 0) is 53.9 Å². The van der Waals surface area contributed by atoms with E-state index < -0.39 is 11.2 Å². The summed E-state index contributed by atoms with van der Waals surface area (Å²) in [7, 11) is 1.33. The van der Waals surface area contributed by atoms with E-state index >= 15 is 0 Å². The number of thiocyanates is 1. The van der Waals surface area contributed by atoms with E-state index in [0.717, 1.165) is 41.6 Å². The summed E-state index contributed by atoms with van der Waals surface area (Å²) in [6.07, 6.45) is 4.08. The number of pyridine rings is 1. The minimum Gasteiger partial charge on any atom is -0.493 e. The van der Waals surface area contributed by atoms with Crippen LogP contribution in [-0.4, -0.2) is 29.9 Å². The van der Waals surface area contributed by atoms with Crippen LogP contribution in [0.5, 0.6) is 5.75 Å². The van der Waals surface area contributed by atoms with E-state index in [1.54, 1.807) is 0 Å². The lowest BCUT2D eigenvalue weighted by molar-refractivity contribution is -0.139. The standard InChI is InChI=1S/C20H22N2O3S/c1-3-15-4-7-17(22-13-15)10-11-25-18-8-5-16(6-9-18)12-19(26-14-21)20(23)24-2/h4-9,13,19H,3,10-12H2,1-2H3/t19-/m1/s1. The van der Waals surface area contributed by atoms with E-state index in [0.29, 0.717) is 13.0 Å². The van der Waals surface area contributed by atoms with E-state index in [4.69, 9.17) is 14.7 Å². The molecule has 0 spiro atoms. The van der Waals surface area contributed by atoms with Crippen LogP contribution in [0.25, 0.3) is 0 Å². The molecule has 0 aliphatic heterocycles. The number of benzene rings is 1. The lowest BCUT2D eigenvalue weighted by Gasteiger charge is -2.11. The molecule has 0 radical (unpaired) electrons. The lowest BCUT2D eigenvalue weighted by atomic mass is 10.1. The molecule has 0 fully saturated rings. The summed E-state index contributed by atoms with van der Waals surface area (Å²) in [5, 5.41) is 10.2. The highest BCUT2D eigenvalue weighted by atomic mass is 32.2. The van der Waals surface area contributed by atoms with Crippen molar-refractivity contribution in [2.24, 2.45) is 0 Å². The summed E-state index contributed by atoms with van der Waals surface area (Å²) in [6.45, 7) is 2.66. The molecule has 0 bridgehead atoms. The Morgan fingerprint density at radius 2 is 1.96 bits per heavy atom. The summed E-state index contributed by atoms with van der Waals surface area (Å²) < 4.78 is 10.5. The Bertz CT molecular complexity index is 739. The van der Waals surface area contributed by atoms with Gasteiger partial charge in [0.25, 0.3) is 0 Å². The van der Waals surface area contributed by atoms with Crippen molar-refractivity contribution in [3.05, 3.63) is 59.4 Å². The Hall–Kier alpha value is -2.52. The lowest BCUT2D eigenvalue weighted by Crippen LogP contribution is -2.20. The third-order valence-corrected chi connectivity index (χ3v) is 4.67. The van der Waals surface area contributed by atoms with Crippen LogP contribution >= 0.6 is 11.8 Å². The molecule has 2 rings (SSSR count). The first-order valence-electron chi connectivity index (χ1n) is 8.44. The Balaban J connectivity index is 1.84. The first-order valence-corrected chi connectivity index (χ1v) is 9.32. The van der Waals surface area contributed by atoms with Crippen LogP contribution in [-0.2, 0) is 28.8 Å². The fraction of sp³-hybridized carbons (Fsp3) is 0.350. The second-order valence-electron chi connectivity index (χ2n) is 5.68. The Labute approximate surface area is 158 Å². The Morgan fingerprint density at radius 3 is 2.54 bits per heavy atom. The van der Waals surface area contributed by atoms with Crippen molar-refractivity contribution >= 4 is 17.7 Å². The third-order valence-electron chi connectivity index (χ3n) is 3.92. The summed E-state index contributed by atoms with van der Waals surface area (Å²) in [5.41, 5.74) is 3.19. The van der Waals surface area contributed by atoms with Gasteiger partial charge in [-0.1, -0.05) is 25.1 Å². The summed E-state index contributed by atoms with van der Waals surface area (Å²) in [5.74, 6) is 0.375. The van der Waals surface area contributed by atoms with Crippen LogP contribution in [0.2, 0.25) is 0 Å². The van der Waals surface area contributed by atoms with E-state index in [1.807, 2.05) is 41.9 Å². The smallest absolute Gasteiger partial charge is 0.320 e. The monoisotopic (exact) mass is 370 g/mol. The Kier molecular flexibility index (Phi) is 7.97. The molecule has 0 unspecified atom stereocenters. The van der Waals surface area contributed by atoms with Crippen LogP contribution in [0.15, 0.2) is 42.6 Å². The van der Waals surface area contributed by atoms with Crippen molar-refractivity contribution in [2.45, 2.75) is 31.4 Å². The molecule has 6 heteroatoms. The molecule has 0 saturated carbocycles. The van der Waals surface area contributed by atoms with Crippen molar-refractivity contribution in [1.82, 2.24) is 4.98 Å². The van der Waals surface area contributed by atoms with Gasteiger partial charge in [0.1, 0.15) is 16.4 Å². The number of aromatic nitrogens is 1. The molecule has 5 nitrogen and oxygen atoms in total. The number of aryl methyl sites for hydroxylation is 1. The number of rotatable bonds is 9. The van der Waals surface area contributed by atoms with E-state index in [9.17, 15) is 4.79 Å². The number of nitrogens with zero attached hydrogens (tertiary/aromatic N) is 2. The van der Waals surface area contributed by atoms with Crippen LogP contribution in [0, 0.1) is 10.7 Å². The molecule has 0 aliphatic carbocycles. The maximum Gasteiger partial charge on any atom is 0.320 e. The van der Waals surface area contributed by atoms with Crippen molar-refractivity contribution in [3.63, 3.8) is 0 Å². The number of thioether (sulfide) groups is 1. The molecule has 0 aliphatic rings. The van der Waals surface area contributed by atoms with Crippen LogP contribution in [0.1, 0.15) is 23.7 Å². The van der Waals surface area contributed by atoms with Gasteiger partial charge in [-0.3, -0.25) is 9.78 Å². The van der Waals surface area contributed by atoms with Crippen molar-refractivity contribution in [1.29, 1.82) is 5.26 Å². The minimum absolute atomic E-state index is 0.390. The van der Waals surface area contributed by atoms with Gasteiger partial charge >= 0.3 is 5.97 Å². The highest BCUT2D eigenvalue weighted by Gasteiger charge is 2.20. The van der Waals surface area contributed by atoms with Gasteiger partial charge in [0.05, 0.1) is 13.7 Å². The highest BCUT2D eigenvalue weighted by Crippen LogP contribution is 2.19. The fourth-order valence-electron chi connectivity index (χ4n) is 2.39. The summed E-state index contributed by atoms with van der Waals surface area (Å²) in [4.78, 5) is 16.1. The zero-order valence-electron chi connectivity index (χ0n) is 15.0. The third kappa shape index (κ3) is 6.08.